The zero-order chi connectivity index (χ0) is 10.8. The number of likely N-dealkylation sites (tertiary alicyclic amines) is 1. The van der Waals surface area contributed by atoms with Crippen LogP contribution in [0.1, 0.15) is 6.42 Å². The van der Waals surface area contributed by atoms with Gasteiger partial charge in [-0.15, -0.1) is 0 Å². The van der Waals surface area contributed by atoms with Crippen molar-refractivity contribution < 1.29 is 14.0 Å². The minimum atomic E-state index is -0.746. The fourth-order valence-electron chi connectivity index (χ4n) is 1.83. The van der Waals surface area contributed by atoms with Crippen molar-refractivity contribution >= 4 is 22.9 Å². The van der Waals surface area contributed by atoms with Gasteiger partial charge in [0, 0.05) is 26.2 Å². The number of hydrogen-bond acceptors (Lipinski definition) is 4. The van der Waals surface area contributed by atoms with Gasteiger partial charge in [-0.3, -0.25) is 19.4 Å². The van der Waals surface area contributed by atoms with Crippen molar-refractivity contribution in [2.75, 3.05) is 31.9 Å². The number of alkyl halides is 1. The van der Waals surface area contributed by atoms with Crippen LogP contribution in [0, 0.1) is 0 Å². The van der Waals surface area contributed by atoms with E-state index in [0.29, 0.717) is 26.1 Å². The molecule has 4 nitrogen and oxygen atoms in total. The van der Waals surface area contributed by atoms with Crippen LogP contribution < -0.4 is 0 Å². The molecule has 0 aromatic rings. The summed E-state index contributed by atoms with van der Waals surface area (Å²) in [5.74, 6) is 0.130. The second-order valence-electron chi connectivity index (χ2n) is 3.79. The summed E-state index contributed by atoms with van der Waals surface area (Å²) >= 11 is 1.04. The summed E-state index contributed by atoms with van der Waals surface area (Å²) in [4.78, 5) is 25.7. The van der Waals surface area contributed by atoms with E-state index < -0.39 is 6.17 Å². The first-order valence-electron chi connectivity index (χ1n) is 5.00. The largest absolute Gasteiger partial charge is 0.299 e. The Balaban J connectivity index is 1.78. The average molecular weight is 232 g/mol. The van der Waals surface area contributed by atoms with Crippen LogP contribution >= 0.6 is 11.8 Å². The number of thioether (sulfide) groups is 1. The summed E-state index contributed by atoms with van der Waals surface area (Å²) in [5, 5.41) is -0.170. The van der Waals surface area contributed by atoms with E-state index in [1.54, 1.807) is 0 Å². The SMILES string of the molecule is O=C1CSC(=O)N1CCN1CC[C@H](F)C1. The Morgan fingerprint density at radius 3 is 2.73 bits per heavy atom. The number of amides is 2. The average Bonchev–Trinajstić information content (AvgIpc) is 2.73. The van der Waals surface area contributed by atoms with E-state index in [1.807, 2.05) is 4.90 Å². The highest BCUT2D eigenvalue weighted by Crippen LogP contribution is 2.19. The number of imide groups is 1. The van der Waals surface area contributed by atoms with Gasteiger partial charge in [0.15, 0.2) is 0 Å². The molecule has 2 aliphatic rings. The summed E-state index contributed by atoms with van der Waals surface area (Å²) in [6, 6.07) is 0. The van der Waals surface area contributed by atoms with Crippen molar-refractivity contribution in [2.24, 2.45) is 0 Å². The second kappa shape index (κ2) is 4.49. The van der Waals surface area contributed by atoms with Crippen molar-refractivity contribution in [2.45, 2.75) is 12.6 Å². The van der Waals surface area contributed by atoms with Crippen LogP contribution in [-0.4, -0.2) is 59.0 Å². The number of hydrogen-bond donors (Lipinski definition) is 0. The molecule has 2 amide bonds. The molecule has 2 heterocycles. The molecule has 84 valence electrons. The Bertz CT molecular complexity index is 271. The van der Waals surface area contributed by atoms with Gasteiger partial charge in [0.1, 0.15) is 6.17 Å². The summed E-state index contributed by atoms with van der Waals surface area (Å²) in [7, 11) is 0. The van der Waals surface area contributed by atoms with Gasteiger partial charge in [-0.2, -0.15) is 0 Å². The number of carbonyl (C=O) groups excluding carboxylic acids is 2. The third-order valence-corrected chi connectivity index (χ3v) is 3.55. The van der Waals surface area contributed by atoms with Crippen LogP contribution in [0.2, 0.25) is 0 Å². The number of carbonyl (C=O) groups is 2. The Kier molecular flexibility index (Phi) is 3.25. The minimum Gasteiger partial charge on any atom is -0.299 e. The maximum Gasteiger partial charge on any atom is 0.288 e. The quantitative estimate of drug-likeness (QED) is 0.719. The lowest BCUT2D eigenvalue weighted by Crippen LogP contribution is -2.37. The zero-order valence-electron chi connectivity index (χ0n) is 8.32. The number of halogens is 1. The van der Waals surface area contributed by atoms with E-state index in [2.05, 4.69) is 0 Å². The first kappa shape index (κ1) is 10.9. The van der Waals surface area contributed by atoms with Gasteiger partial charge in [-0.05, 0) is 6.42 Å². The van der Waals surface area contributed by atoms with Crippen molar-refractivity contribution in [3.63, 3.8) is 0 Å². The molecule has 0 N–H and O–H groups in total. The molecule has 1 atom stereocenters. The normalized spacial score (nSPS) is 28.1. The molecule has 0 aromatic heterocycles. The van der Waals surface area contributed by atoms with Crippen molar-refractivity contribution in [1.82, 2.24) is 9.80 Å². The predicted octanol–water partition coefficient (Wildman–Crippen LogP) is 0.726. The van der Waals surface area contributed by atoms with Gasteiger partial charge in [-0.1, -0.05) is 11.8 Å². The highest BCUT2D eigenvalue weighted by molar-refractivity contribution is 8.14. The molecule has 0 saturated carbocycles. The molecule has 0 spiro atoms. The molecular formula is C9H13FN2O2S. The van der Waals surface area contributed by atoms with Crippen LogP contribution in [-0.2, 0) is 4.79 Å². The minimum absolute atomic E-state index is 0.124. The fourth-order valence-corrected chi connectivity index (χ4v) is 2.58. The summed E-state index contributed by atoms with van der Waals surface area (Å²) in [6.45, 7) is 2.16. The zero-order valence-corrected chi connectivity index (χ0v) is 9.13. The van der Waals surface area contributed by atoms with Crippen LogP contribution in [0.4, 0.5) is 9.18 Å². The maximum absolute atomic E-state index is 12.8. The highest BCUT2D eigenvalue weighted by atomic mass is 32.2. The van der Waals surface area contributed by atoms with Crippen LogP contribution in [0.15, 0.2) is 0 Å². The third kappa shape index (κ3) is 2.49. The summed E-state index contributed by atoms with van der Waals surface area (Å²) < 4.78 is 12.8. The van der Waals surface area contributed by atoms with E-state index in [1.165, 1.54) is 4.90 Å². The molecule has 2 aliphatic heterocycles. The molecule has 2 saturated heterocycles. The Morgan fingerprint density at radius 1 is 1.40 bits per heavy atom. The Labute approximate surface area is 91.8 Å². The van der Waals surface area contributed by atoms with Crippen LogP contribution in [0.5, 0.6) is 0 Å². The van der Waals surface area contributed by atoms with Crippen LogP contribution in [0.25, 0.3) is 0 Å². The van der Waals surface area contributed by atoms with Gasteiger partial charge >= 0.3 is 0 Å². The molecule has 2 fully saturated rings. The van der Waals surface area contributed by atoms with Gasteiger partial charge in [-0.25, -0.2) is 4.39 Å². The molecule has 0 aromatic carbocycles. The van der Waals surface area contributed by atoms with Gasteiger partial charge < -0.3 is 0 Å². The fraction of sp³-hybridized carbons (Fsp3) is 0.778. The third-order valence-electron chi connectivity index (χ3n) is 2.70. The number of nitrogens with zero attached hydrogens (tertiary/aromatic N) is 2. The Morgan fingerprint density at radius 2 is 2.20 bits per heavy atom. The van der Waals surface area contributed by atoms with Crippen molar-refractivity contribution in [3.05, 3.63) is 0 Å². The van der Waals surface area contributed by atoms with Crippen LogP contribution in [0.3, 0.4) is 0 Å². The lowest BCUT2D eigenvalue weighted by atomic mass is 10.3. The lowest BCUT2D eigenvalue weighted by molar-refractivity contribution is -0.124. The number of rotatable bonds is 3. The summed E-state index contributed by atoms with van der Waals surface area (Å²) in [6.07, 6.45) is -0.180. The molecule has 6 heteroatoms. The van der Waals surface area contributed by atoms with Gasteiger partial charge in [0.05, 0.1) is 5.75 Å². The first-order valence-corrected chi connectivity index (χ1v) is 5.99. The Hall–Kier alpha value is -0.620. The van der Waals surface area contributed by atoms with E-state index >= 15 is 0 Å². The lowest BCUT2D eigenvalue weighted by Gasteiger charge is -2.18. The molecule has 0 bridgehead atoms. The van der Waals surface area contributed by atoms with E-state index in [9.17, 15) is 14.0 Å². The predicted molar refractivity (Wildman–Crippen MR) is 55.5 cm³/mol. The second-order valence-corrected chi connectivity index (χ2v) is 4.71. The summed E-state index contributed by atoms with van der Waals surface area (Å²) in [5.41, 5.74) is 0. The smallest absolute Gasteiger partial charge is 0.288 e. The maximum atomic E-state index is 12.8. The molecule has 0 aliphatic carbocycles. The first-order chi connectivity index (χ1) is 7.16. The topological polar surface area (TPSA) is 40.6 Å². The molecule has 0 unspecified atom stereocenters. The van der Waals surface area contributed by atoms with E-state index in [-0.39, 0.29) is 16.9 Å². The molecule has 2 rings (SSSR count). The molecule has 0 radical (unpaired) electrons. The van der Waals surface area contributed by atoms with Crippen molar-refractivity contribution in [3.8, 4) is 0 Å². The van der Waals surface area contributed by atoms with Gasteiger partial charge in [0.2, 0.25) is 5.91 Å². The van der Waals surface area contributed by atoms with E-state index in [0.717, 1.165) is 18.3 Å². The molecular weight excluding hydrogens is 219 g/mol. The standard InChI is InChI=1S/C9H13FN2O2S/c10-7-1-2-11(5-7)3-4-12-8(13)6-15-9(12)14/h7H,1-6H2/t7-/m0/s1. The highest BCUT2D eigenvalue weighted by Gasteiger charge is 2.30. The monoisotopic (exact) mass is 232 g/mol. The van der Waals surface area contributed by atoms with Crippen molar-refractivity contribution in [1.29, 1.82) is 0 Å². The van der Waals surface area contributed by atoms with Gasteiger partial charge in [0.25, 0.3) is 5.24 Å². The molecule has 15 heavy (non-hydrogen) atoms. The van der Waals surface area contributed by atoms with E-state index in [4.69, 9.17) is 0 Å².